The Hall–Kier alpha value is -3.04. The molecule has 170 valence electrons. The number of carbonyl (C=O) groups excluding carboxylic acids is 2. The molecule has 0 aromatic carbocycles. The van der Waals surface area contributed by atoms with Gasteiger partial charge in [-0.05, 0) is 25.7 Å². The fraction of sp³-hybridized carbons (Fsp3) is 0.619. The molecule has 10 nitrogen and oxygen atoms in total. The molecule has 0 radical (unpaired) electrons. The van der Waals surface area contributed by atoms with E-state index < -0.39 is 58.7 Å². The van der Waals surface area contributed by atoms with Crippen LogP contribution in [0.5, 0.6) is 11.6 Å². The number of aromatic nitrogens is 1. The predicted octanol–water partition coefficient (Wildman–Crippen LogP) is 1.64. The van der Waals surface area contributed by atoms with Crippen molar-refractivity contribution in [3.8, 4) is 11.6 Å². The van der Waals surface area contributed by atoms with Crippen LogP contribution in [0.2, 0.25) is 0 Å². The lowest BCUT2D eigenvalue weighted by Crippen LogP contribution is -2.41. The number of carbonyl (C=O) groups is 3. The van der Waals surface area contributed by atoms with E-state index in [0.717, 1.165) is 55.9 Å². The largest absolute Gasteiger partial charge is 0.506 e. The zero-order valence-electron chi connectivity index (χ0n) is 17.4. The second-order valence-corrected chi connectivity index (χ2v) is 8.27. The van der Waals surface area contributed by atoms with Crippen LogP contribution in [0, 0.1) is 0 Å². The van der Waals surface area contributed by atoms with E-state index in [-0.39, 0.29) is 6.04 Å². The Morgan fingerprint density at radius 1 is 0.871 bits per heavy atom. The van der Waals surface area contributed by atoms with Gasteiger partial charge in [-0.15, -0.1) is 0 Å². The van der Waals surface area contributed by atoms with Crippen molar-refractivity contribution >= 4 is 17.8 Å². The number of pyridine rings is 1. The van der Waals surface area contributed by atoms with Crippen molar-refractivity contribution in [3.63, 3.8) is 0 Å². The summed E-state index contributed by atoms with van der Waals surface area (Å²) in [4.78, 5) is 49.5. The molecule has 1 aromatic rings. The van der Waals surface area contributed by atoms with Gasteiger partial charge in [-0.25, -0.2) is 0 Å². The Morgan fingerprint density at radius 2 is 1.45 bits per heavy atom. The number of aromatic hydroxyl groups is 2. The predicted molar refractivity (Wildman–Crippen MR) is 110 cm³/mol. The first kappa shape index (κ1) is 22.6. The first-order chi connectivity index (χ1) is 14.8. The standard InChI is InChI=1S/C21H29N3O7/c25-14(26)11-22-18(28)15-17(27)16(19(29)23-12-7-3-1-4-8-12)21(31)24(20(15)30)13-9-5-2-6-10-13/h12-13,27,30H,1-11H2,(H,22,28)(H,23,29)(H,25,26). The Bertz CT molecular complexity index is 913. The lowest BCUT2D eigenvalue weighted by atomic mass is 9.94. The number of rotatable bonds is 6. The van der Waals surface area contributed by atoms with E-state index in [1.54, 1.807) is 0 Å². The number of carboxylic acid groups (broad SMARTS) is 1. The van der Waals surface area contributed by atoms with Gasteiger partial charge in [-0.1, -0.05) is 38.5 Å². The van der Waals surface area contributed by atoms with Gasteiger partial charge in [-0.3, -0.25) is 23.7 Å². The van der Waals surface area contributed by atoms with E-state index in [0.29, 0.717) is 12.8 Å². The van der Waals surface area contributed by atoms with Gasteiger partial charge >= 0.3 is 5.97 Å². The SMILES string of the molecule is O=C(O)CNC(=O)c1c(O)c(C(=O)NC2CCCCC2)c(=O)n(C2CCCCC2)c1O. The molecule has 0 saturated heterocycles. The average Bonchev–Trinajstić information content (AvgIpc) is 2.73. The highest BCUT2D eigenvalue weighted by atomic mass is 16.4. The molecule has 5 N–H and O–H groups in total. The van der Waals surface area contributed by atoms with Crippen LogP contribution < -0.4 is 16.2 Å². The minimum atomic E-state index is -1.32. The van der Waals surface area contributed by atoms with Crippen LogP contribution in [0.1, 0.15) is 91.0 Å². The summed E-state index contributed by atoms with van der Waals surface area (Å²) in [5, 5.41) is 35.0. The van der Waals surface area contributed by atoms with E-state index in [1.165, 1.54) is 0 Å². The number of nitrogens with zero attached hydrogens (tertiary/aromatic N) is 1. The van der Waals surface area contributed by atoms with Gasteiger partial charge in [0.15, 0.2) is 5.75 Å². The highest BCUT2D eigenvalue weighted by Gasteiger charge is 2.33. The molecule has 3 rings (SSSR count). The molecule has 2 aliphatic rings. The topological polar surface area (TPSA) is 158 Å². The number of aliphatic carboxylic acids is 1. The molecule has 2 saturated carbocycles. The normalized spacial score (nSPS) is 17.8. The second kappa shape index (κ2) is 9.84. The minimum Gasteiger partial charge on any atom is -0.506 e. The van der Waals surface area contributed by atoms with Crippen LogP contribution in [-0.2, 0) is 4.79 Å². The van der Waals surface area contributed by atoms with Gasteiger partial charge in [0, 0.05) is 12.1 Å². The van der Waals surface area contributed by atoms with E-state index in [2.05, 4.69) is 10.6 Å². The molecule has 2 amide bonds. The molecule has 0 bridgehead atoms. The molecule has 0 aliphatic heterocycles. The molecule has 2 fully saturated rings. The van der Waals surface area contributed by atoms with Crippen molar-refractivity contribution in [1.29, 1.82) is 0 Å². The quantitative estimate of drug-likeness (QED) is 0.454. The van der Waals surface area contributed by atoms with Gasteiger partial charge < -0.3 is 26.0 Å². The minimum absolute atomic E-state index is 0.138. The fourth-order valence-corrected chi connectivity index (χ4v) is 4.51. The molecule has 0 atom stereocenters. The van der Waals surface area contributed by atoms with Crippen LogP contribution in [0.15, 0.2) is 4.79 Å². The maximum Gasteiger partial charge on any atom is 0.322 e. The summed E-state index contributed by atoms with van der Waals surface area (Å²) in [5.74, 6) is -4.89. The van der Waals surface area contributed by atoms with Crippen LogP contribution in [0.3, 0.4) is 0 Å². The number of carboxylic acids is 1. The highest BCUT2D eigenvalue weighted by molar-refractivity contribution is 6.05. The smallest absolute Gasteiger partial charge is 0.322 e. The molecule has 10 heteroatoms. The first-order valence-corrected chi connectivity index (χ1v) is 10.8. The third-order valence-corrected chi connectivity index (χ3v) is 6.09. The fourth-order valence-electron chi connectivity index (χ4n) is 4.51. The zero-order chi connectivity index (χ0) is 22.5. The molecule has 1 heterocycles. The Balaban J connectivity index is 2.06. The van der Waals surface area contributed by atoms with Crippen LogP contribution in [0.4, 0.5) is 0 Å². The molecule has 1 aromatic heterocycles. The maximum absolute atomic E-state index is 13.2. The van der Waals surface area contributed by atoms with Gasteiger partial charge in [0.25, 0.3) is 17.4 Å². The summed E-state index contributed by atoms with van der Waals surface area (Å²) in [7, 11) is 0. The summed E-state index contributed by atoms with van der Waals surface area (Å²) in [5.41, 5.74) is -2.13. The summed E-state index contributed by atoms with van der Waals surface area (Å²) in [6, 6.07) is -0.560. The van der Waals surface area contributed by atoms with E-state index in [4.69, 9.17) is 5.11 Å². The van der Waals surface area contributed by atoms with Crippen LogP contribution in [0.25, 0.3) is 0 Å². The van der Waals surface area contributed by atoms with Gasteiger partial charge in [0.2, 0.25) is 5.88 Å². The number of hydrogen-bond donors (Lipinski definition) is 5. The van der Waals surface area contributed by atoms with Crippen molar-refractivity contribution in [2.24, 2.45) is 0 Å². The molecular weight excluding hydrogens is 406 g/mol. The second-order valence-electron chi connectivity index (χ2n) is 8.27. The lowest BCUT2D eigenvalue weighted by molar-refractivity contribution is -0.135. The summed E-state index contributed by atoms with van der Waals surface area (Å²) < 4.78 is 1.00. The van der Waals surface area contributed by atoms with E-state index >= 15 is 0 Å². The third kappa shape index (κ3) is 5.00. The van der Waals surface area contributed by atoms with Crippen LogP contribution >= 0.6 is 0 Å². The summed E-state index contributed by atoms with van der Waals surface area (Å²) >= 11 is 0. The summed E-state index contributed by atoms with van der Waals surface area (Å²) in [6.45, 7) is -0.746. The number of nitrogens with one attached hydrogen (secondary N) is 2. The number of hydrogen-bond acceptors (Lipinski definition) is 6. The van der Waals surface area contributed by atoms with Gasteiger partial charge in [-0.2, -0.15) is 0 Å². The van der Waals surface area contributed by atoms with Crippen LogP contribution in [-0.4, -0.2) is 50.3 Å². The zero-order valence-corrected chi connectivity index (χ0v) is 17.4. The van der Waals surface area contributed by atoms with Crippen molar-refractivity contribution in [1.82, 2.24) is 15.2 Å². The monoisotopic (exact) mass is 435 g/mol. The van der Waals surface area contributed by atoms with Gasteiger partial charge in [0.05, 0.1) is 0 Å². The lowest BCUT2D eigenvalue weighted by Gasteiger charge is -2.27. The van der Waals surface area contributed by atoms with E-state index in [1.807, 2.05) is 0 Å². The van der Waals surface area contributed by atoms with E-state index in [9.17, 15) is 29.4 Å². The first-order valence-electron chi connectivity index (χ1n) is 10.8. The molecular formula is C21H29N3O7. The molecule has 2 aliphatic carbocycles. The Morgan fingerprint density at radius 3 is 2.03 bits per heavy atom. The molecule has 0 spiro atoms. The average molecular weight is 435 g/mol. The summed E-state index contributed by atoms with van der Waals surface area (Å²) in [6.07, 6.45) is 8.26. The highest BCUT2D eigenvalue weighted by Crippen LogP contribution is 2.35. The molecule has 31 heavy (non-hydrogen) atoms. The maximum atomic E-state index is 13.2. The van der Waals surface area contributed by atoms with Crippen molar-refractivity contribution in [2.45, 2.75) is 76.3 Å². The Kier molecular flexibility index (Phi) is 7.19. The van der Waals surface area contributed by atoms with Gasteiger partial charge in [0.1, 0.15) is 17.7 Å². The number of amides is 2. The molecule has 0 unspecified atom stereocenters. The third-order valence-electron chi connectivity index (χ3n) is 6.09. The Labute approximate surface area is 179 Å². The van der Waals surface area contributed by atoms with Crippen molar-refractivity contribution < 1.29 is 29.7 Å². The van der Waals surface area contributed by atoms with Crippen molar-refractivity contribution in [3.05, 3.63) is 21.5 Å². The van der Waals surface area contributed by atoms with Crippen molar-refractivity contribution in [2.75, 3.05) is 6.54 Å².